The molecule has 1 amide bonds. The van der Waals surface area contributed by atoms with Gasteiger partial charge in [-0.2, -0.15) is 0 Å². The summed E-state index contributed by atoms with van der Waals surface area (Å²) in [6.07, 6.45) is 2.11. The molecule has 0 atom stereocenters. The van der Waals surface area contributed by atoms with Crippen LogP contribution in [0.5, 0.6) is 0 Å². The zero-order valence-corrected chi connectivity index (χ0v) is 14.6. The SMILES string of the molecule is Cn1cnc2c(c1=O)CCN(CC(=O)Nc1ccc(Cl)c(Cl)c1)C2. The fraction of sp³-hybridized carbons (Fsp3) is 0.312. The lowest BCUT2D eigenvalue weighted by molar-refractivity contribution is -0.117. The summed E-state index contributed by atoms with van der Waals surface area (Å²) in [4.78, 5) is 30.5. The zero-order chi connectivity index (χ0) is 17.3. The predicted molar refractivity (Wildman–Crippen MR) is 93.6 cm³/mol. The van der Waals surface area contributed by atoms with Crippen LogP contribution in [0.2, 0.25) is 10.0 Å². The molecule has 126 valence electrons. The first kappa shape index (κ1) is 17.0. The number of anilines is 1. The van der Waals surface area contributed by atoms with Gasteiger partial charge in [-0.1, -0.05) is 23.2 Å². The molecular formula is C16H16Cl2N4O2. The number of halogens is 2. The molecule has 3 rings (SSSR count). The molecule has 8 heteroatoms. The second-order valence-corrected chi connectivity index (χ2v) is 6.54. The van der Waals surface area contributed by atoms with Crippen LogP contribution >= 0.6 is 23.2 Å². The second kappa shape index (κ2) is 6.93. The van der Waals surface area contributed by atoms with Crippen LogP contribution in [0.4, 0.5) is 5.69 Å². The first-order valence-corrected chi connectivity index (χ1v) is 8.20. The Kier molecular flexibility index (Phi) is 4.89. The van der Waals surface area contributed by atoms with Gasteiger partial charge in [-0.3, -0.25) is 14.5 Å². The van der Waals surface area contributed by atoms with E-state index in [0.717, 1.165) is 11.3 Å². The summed E-state index contributed by atoms with van der Waals surface area (Å²) in [6.45, 7) is 1.35. The van der Waals surface area contributed by atoms with Gasteiger partial charge < -0.3 is 9.88 Å². The molecule has 0 saturated heterocycles. The molecular weight excluding hydrogens is 351 g/mol. The Morgan fingerprint density at radius 3 is 2.88 bits per heavy atom. The summed E-state index contributed by atoms with van der Waals surface area (Å²) in [5, 5.41) is 3.62. The van der Waals surface area contributed by atoms with E-state index in [2.05, 4.69) is 10.3 Å². The molecule has 24 heavy (non-hydrogen) atoms. The van der Waals surface area contributed by atoms with Crippen molar-refractivity contribution in [2.75, 3.05) is 18.4 Å². The Balaban J connectivity index is 1.64. The van der Waals surface area contributed by atoms with E-state index in [-0.39, 0.29) is 18.0 Å². The monoisotopic (exact) mass is 366 g/mol. The summed E-state index contributed by atoms with van der Waals surface area (Å²) in [6, 6.07) is 4.94. The van der Waals surface area contributed by atoms with Gasteiger partial charge in [0.25, 0.3) is 5.56 Å². The van der Waals surface area contributed by atoms with Crippen molar-refractivity contribution in [1.82, 2.24) is 14.5 Å². The van der Waals surface area contributed by atoms with Crippen LogP contribution < -0.4 is 10.9 Å². The highest BCUT2D eigenvalue weighted by Crippen LogP contribution is 2.25. The number of benzene rings is 1. The van der Waals surface area contributed by atoms with Crippen molar-refractivity contribution in [2.24, 2.45) is 7.05 Å². The van der Waals surface area contributed by atoms with Gasteiger partial charge >= 0.3 is 0 Å². The van der Waals surface area contributed by atoms with E-state index in [4.69, 9.17) is 23.2 Å². The molecule has 1 aliphatic rings. The van der Waals surface area contributed by atoms with Crippen LogP contribution in [0.1, 0.15) is 11.3 Å². The van der Waals surface area contributed by atoms with Crippen molar-refractivity contribution in [2.45, 2.75) is 13.0 Å². The van der Waals surface area contributed by atoms with Crippen molar-refractivity contribution >= 4 is 34.8 Å². The topological polar surface area (TPSA) is 67.2 Å². The van der Waals surface area contributed by atoms with Gasteiger partial charge in [0, 0.05) is 31.4 Å². The number of nitrogens with one attached hydrogen (secondary N) is 1. The molecule has 1 aromatic carbocycles. The van der Waals surface area contributed by atoms with E-state index in [0.29, 0.717) is 35.2 Å². The van der Waals surface area contributed by atoms with Crippen LogP contribution in [0, 0.1) is 0 Å². The van der Waals surface area contributed by atoms with Crippen LogP contribution in [0.25, 0.3) is 0 Å². The average Bonchev–Trinajstić information content (AvgIpc) is 2.54. The Labute approximate surface area is 149 Å². The fourth-order valence-electron chi connectivity index (χ4n) is 2.68. The number of nitrogens with zero attached hydrogens (tertiary/aromatic N) is 3. The Bertz CT molecular complexity index is 850. The third kappa shape index (κ3) is 3.61. The van der Waals surface area contributed by atoms with Gasteiger partial charge in [0.1, 0.15) is 0 Å². The highest BCUT2D eigenvalue weighted by Gasteiger charge is 2.22. The van der Waals surface area contributed by atoms with Crippen LogP contribution in [-0.4, -0.2) is 33.4 Å². The molecule has 2 heterocycles. The molecule has 0 aliphatic carbocycles. The number of hydrogen-bond acceptors (Lipinski definition) is 4. The van der Waals surface area contributed by atoms with Gasteiger partial charge in [-0.15, -0.1) is 0 Å². The molecule has 0 radical (unpaired) electrons. The molecule has 6 nitrogen and oxygen atoms in total. The highest BCUT2D eigenvalue weighted by molar-refractivity contribution is 6.42. The maximum absolute atomic E-state index is 12.2. The Hall–Kier alpha value is -1.89. The first-order valence-electron chi connectivity index (χ1n) is 7.44. The van der Waals surface area contributed by atoms with Gasteiger partial charge in [-0.05, 0) is 24.6 Å². The number of rotatable bonds is 3. The summed E-state index contributed by atoms with van der Waals surface area (Å²) in [7, 11) is 1.69. The lowest BCUT2D eigenvalue weighted by Gasteiger charge is -2.27. The number of amides is 1. The third-order valence-electron chi connectivity index (χ3n) is 3.94. The molecule has 0 unspecified atom stereocenters. The van der Waals surface area contributed by atoms with Crippen LogP contribution in [0.3, 0.4) is 0 Å². The van der Waals surface area contributed by atoms with E-state index in [1.807, 2.05) is 4.90 Å². The smallest absolute Gasteiger partial charge is 0.256 e. The van der Waals surface area contributed by atoms with Crippen molar-refractivity contribution in [1.29, 1.82) is 0 Å². The highest BCUT2D eigenvalue weighted by atomic mass is 35.5. The van der Waals surface area contributed by atoms with E-state index in [1.165, 1.54) is 10.9 Å². The van der Waals surface area contributed by atoms with Crippen molar-refractivity contribution in [3.63, 3.8) is 0 Å². The molecule has 0 fully saturated rings. The molecule has 0 bridgehead atoms. The zero-order valence-electron chi connectivity index (χ0n) is 13.1. The maximum Gasteiger partial charge on any atom is 0.256 e. The quantitative estimate of drug-likeness (QED) is 0.902. The maximum atomic E-state index is 12.2. The summed E-state index contributed by atoms with van der Waals surface area (Å²) in [5.41, 5.74) is 2.06. The van der Waals surface area contributed by atoms with E-state index in [9.17, 15) is 9.59 Å². The largest absolute Gasteiger partial charge is 0.325 e. The van der Waals surface area contributed by atoms with Crippen molar-refractivity contribution < 1.29 is 4.79 Å². The minimum Gasteiger partial charge on any atom is -0.325 e. The van der Waals surface area contributed by atoms with Crippen molar-refractivity contribution in [3.8, 4) is 0 Å². The average molecular weight is 367 g/mol. The number of aryl methyl sites for hydroxylation is 1. The summed E-state index contributed by atoms with van der Waals surface area (Å²) < 4.78 is 1.48. The van der Waals surface area contributed by atoms with Gasteiger partial charge in [0.15, 0.2) is 0 Å². The van der Waals surface area contributed by atoms with E-state index >= 15 is 0 Å². The lowest BCUT2D eigenvalue weighted by Crippen LogP contribution is -2.40. The molecule has 2 aromatic rings. The standard InChI is InChI=1S/C16H16Cl2N4O2/c1-21-9-19-14-7-22(5-4-11(14)16(21)24)8-15(23)20-10-2-3-12(17)13(18)6-10/h2-3,6,9H,4-5,7-8H2,1H3,(H,20,23). The minimum absolute atomic E-state index is 0.0140. The fourth-order valence-corrected chi connectivity index (χ4v) is 2.98. The lowest BCUT2D eigenvalue weighted by atomic mass is 10.1. The molecule has 1 aliphatic heterocycles. The van der Waals surface area contributed by atoms with Gasteiger partial charge in [-0.25, -0.2) is 4.98 Å². The number of carbonyl (C=O) groups excluding carboxylic acids is 1. The molecule has 1 N–H and O–H groups in total. The molecule has 0 saturated carbocycles. The van der Waals surface area contributed by atoms with Crippen molar-refractivity contribution in [3.05, 3.63) is 56.2 Å². The summed E-state index contributed by atoms with van der Waals surface area (Å²) in [5.74, 6) is -0.152. The molecule has 0 spiro atoms. The summed E-state index contributed by atoms with van der Waals surface area (Å²) >= 11 is 11.8. The van der Waals surface area contributed by atoms with E-state index in [1.54, 1.807) is 25.2 Å². The predicted octanol–water partition coefficient (Wildman–Crippen LogP) is 2.08. The third-order valence-corrected chi connectivity index (χ3v) is 4.67. The molecule has 1 aromatic heterocycles. The van der Waals surface area contributed by atoms with Crippen LogP contribution in [-0.2, 0) is 24.8 Å². The number of fused-ring (bicyclic) bond motifs is 1. The number of hydrogen-bond donors (Lipinski definition) is 1. The minimum atomic E-state index is -0.152. The van der Waals surface area contributed by atoms with Crippen LogP contribution in [0.15, 0.2) is 29.3 Å². The first-order chi connectivity index (χ1) is 11.4. The normalized spacial score (nSPS) is 14.3. The Morgan fingerprint density at radius 1 is 1.33 bits per heavy atom. The number of carbonyl (C=O) groups is 1. The van der Waals surface area contributed by atoms with Gasteiger partial charge in [0.05, 0.1) is 28.6 Å². The Morgan fingerprint density at radius 2 is 2.12 bits per heavy atom. The number of aromatic nitrogens is 2. The second-order valence-electron chi connectivity index (χ2n) is 5.72. The van der Waals surface area contributed by atoms with Gasteiger partial charge in [0.2, 0.25) is 5.91 Å². The van der Waals surface area contributed by atoms with E-state index < -0.39 is 0 Å².